The zero-order chi connectivity index (χ0) is 20.4. The van der Waals surface area contributed by atoms with Gasteiger partial charge in [0, 0.05) is 44.9 Å². The number of aliphatic imine (C=N–C) groups is 1. The minimum atomic E-state index is -0.0959. The molecule has 1 fully saturated rings. The summed E-state index contributed by atoms with van der Waals surface area (Å²) < 4.78 is 5.30. The number of ketones is 2. The Kier molecular flexibility index (Phi) is 5.43. The zero-order valence-corrected chi connectivity index (χ0v) is 16.5. The SMILES string of the molecule is CN=C1CC(c2ccccc2)CC(=O)/C1=C(/O)CCc1noc2c1C(=O)CCC2. The van der Waals surface area contributed by atoms with Gasteiger partial charge in [-0.25, -0.2) is 0 Å². The minimum absolute atomic E-state index is 0.0159. The lowest BCUT2D eigenvalue weighted by atomic mass is 9.78. The van der Waals surface area contributed by atoms with Gasteiger partial charge in [0.05, 0.1) is 16.8 Å². The molecule has 6 heteroatoms. The number of carbonyl (C=O) groups excluding carboxylic acids is 2. The number of aliphatic hydroxyl groups is 1. The number of hydrogen-bond donors (Lipinski definition) is 1. The summed E-state index contributed by atoms with van der Waals surface area (Å²) in [5, 5.41) is 14.7. The smallest absolute Gasteiger partial charge is 0.168 e. The molecule has 1 heterocycles. The van der Waals surface area contributed by atoms with Gasteiger partial charge in [0.1, 0.15) is 11.5 Å². The predicted molar refractivity (Wildman–Crippen MR) is 109 cm³/mol. The summed E-state index contributed by atoms with van der Waals surface area (Å²) in [4.78, 5) is 29.3. The molecule has 1 aromatic heterocycles. The van der Waals surface area contributed by atoms with E-state index in [1.165, 1.54) is 0 Å². The highest BCUT2D eigenvalue weighted by Gasteiger charge is 2.32. The van der Waals surface area contributed by atoms with Gasteiger partial charge in [0.25, 0.3) is 0 Å². The maximum atomic E-state index is 12.8. The van der Waals surface area contributed by atoms with E-state index in [1.807, 2.05) is 30.3 Å². The average Bonchev–Trinajstić information content (AvgIpc) is 3.16. The van der Waals surface area contributed by atoms with Crippen molar-refractivity contribution in [2.75, 3.05) is 7.05 Å². The first-order valence-corrected chi connectivity index (χ1v) is 10.1. The van der Waals surface area contributed by atoms with E-state index in [4.69, 9.17) is 4.52 Å². The molecule has 0 amide bonds. The molecule has 2 aromatic rings. The quantitative estimate of drug-likeness (QED) is 0.623. The van der Waals surface area contributed by atoms with Gasteiger partial charge in [0.2, 0.25) is 0 Å². The van der Waals surface area contributed by atoms with Crippen LogP contribution in [0, 0.1) is 0 Å². The first kappa shape index (κ1) is 19.3. The predicted octanol–water partition coefficient (Wildman–Crippen LogP) is 4.16. The van der Waals surface area contributed by atoms with Crippen LogP contribution in [0.4, 0.5) is 0 Å². The van der Waals surface area contributed by atoms with Crippen molar-refractivity contribution in [3.8, 4) is 0 Å². The standard InChI is InChI=1S/C23H24N2O4/c1-24-17-12-15(14-6-3-2-4-7-14)13-20(28)22(17)19(27)11-10-16-23-18(26)8-5-9-21(23)29-25-16/h2-4,6-7,15,27H,5,8-13H2,1H3/b22-19+,24-17?. The molecule has 0 aliphatic heterocycles. The molecule has 0 spiro atoms. The second-order valence-electron chi connectivity index (χ2n) is 7.64. The van der Waals surface area contributed by atoms with Crippen molar-refractivity contribution in [2.24, 2.45) is 4.99 Å². The lowest BCUT2D eigenvalue weighted by Gasteiger charge is -2.25. The third-order valence-electron chi connectivity index (χ3n) is 5.79. The van der Waals surface area contributed by atoms with Crippen molar-refractivity contribution >= 4 is 17.3 Å². The number of aromatic nitrogens is 1. The molecule has 2 aliphatic rings. The fraction of sp³-hybridized carbons (Fsp3) is 0.391. The number of benzene rings is 1. The Morgan fingerprint density at radius 3 is 2.72 bits per heavy atom. The molecule has 0 saturated heterocycles. The first-order chi connectivity index (χ1) is 14.1. The highest BCUT2D eigenvalue weighted by molar-refractivity contribution is 6.24. The number of allylic oxidation sites excluding steroid dienone is 2. The number of hydrogen-bond acceptors (Lipinski definition) is 6. The summed E-state index contributed by atoms with van der Waals surface area (Å²) in [7, 11) is 1.65. The van der Waals surface area contributed by atoms with E-state index in [0.717, 1.165) is 12.0 Å². The van der Waals surface area contributed by atoms with Crippen LogP contribution >= 0.6 is 0 Å². The van der Waals surface area contributed by atoms with Crippen molar-refractivity contribution in [2.45, 2.75) is 50.9 Å². The normalized spacial score (nSPS) is 22.7. The summed E-state index contributed by atoms with van der Waals surface area (Å²) in [6.45, 7) is 0. The number of fused-ring (bicyclic) bond motifs is 1. The van der Waals surface area contributed by atoms with Gasteiger partial charge < -0.3 is 9.63 Å². The van der Waals surface area contributed by atoms with Crippen molar-refractivity contribution in [1.82, 2.24) is 5.16 Å². The summed E-state index contributed by atoms with van der Waals surface area (Å²) in [6, 6.07) is 9.92. The largest absolute Gasteiger partial charge is 0.511 e. The number of aryl methyl sites for hydroxylation is 2. The Morgan fingerprint density at radius 1 is 1.17 bits per heavy atom. The monoisotopic (exact) mass is 392 g/mol. The molecule has 4 rings (SSSR count). The number of nitrogens with zero attached hydrogens (tertiary/aromatic N) is 2. The minimum Gasteiger partial charge on any atom is -0.511 e. The Labute approximate surface area is 169 Å². The van der Waals surface area contributed by atoms with Crippen molar-refractivity contribution in [1.29, 1.82) is 0 Å². The van der Waals surface area contributed by atoms with Crippen molar-refractivity contribution in [3.05, 3.63) is 64.2 Å². The third-order valence-corrected chi connectivity index (χ3v) is 5.79. The van der Waals surface area contributed by atoms with Crippen LogP contribution in [-0.2, 0) is 17.6 Å². The lowest BCUT2D eigenvalue weighted by molar-refractivity contribution is -0.116. The van der Waals surface area contributed by atoms with E-state index in [-0.39, 0.29) is 29.7 Å². The van der Waals surface area contributed by atoms with Gasteiger partial charge in [-0.2, -0.15) is 0 Å². The number of Topliss-reactive ketones (excluding diaryl/α,β-unsaturated/α-hetero) is 2. The average molecular weight is 392 g/mol. The van der Waals surface area contributed by atoms with Crippen LogP contribution in [0.3, 0.4) is 0 Å². The topological polar surface area (TPSA) is 92.8 Å². The van der Waals surface area contributed by atoms with Gasteiger partial charge in [-0.05, 0) is 24.3 Å². The number of aliphatic hydroxyl groups excluding tert-OH is 1. The first-order valence-electron chi connectivity index (χ1n) is 10.1. The van der Waals surface area contributed by atoms with Crippen LogP contribution in [-0.4, -0.2) is 34.6 Å². The maximum absolute atomic E-state index is 12.8. The van der Waals surface area contributed by atoms with E-state index in [2.05, 4.69) is 10.1 Å². The van der Waals surface area contributed by atoms with Crippen molar-refractivity contribution < 1.29 is 19.2 Å². The van der Waals surface area contributed by atoms with Gasteiger partial charge in [0.15, 0.2) is 11.6 Å². The summed E-state index contributed by atoms with van der Waals surface area (Å²) >= 11 is 0. The molecular weight excluding hydrogens is 368 g/mol. The lowest BCUT2D eigenvalue weighted by Crippen LogP contribution is -2.26. The highest BCUT2D eigenvalue weighted by Crippen LogP contribution is 2.34. The Morgan fingerprint density at radius 2 is 1.97 bits per heavy atom. The van der Waals surface area contributed by atoms with Gasteiger partial charge in [-0.15, -0.1) is 0 Å². The molecule has 0 radical (unpaired) electrons. The fourth-order valence-electron chi connectivity index (χ4n) is 4.30. The molecule has 0 bridgehead atoms. The Bertz CT molecular complexity index is 1000. The molecule has 29 heavy (non-hydrogen) atoms. The summed E-state index contributed by atoms with van der Waals surface area (Å²) in [6.07, 6.45) is 3.54. The molecule has 2 aliphatic carbocycles. The van der Waals surface area contributed by atoms with E-state index < -0.39 is 0 Å². The molecule has 6 nitrogen and oxygen atoms in total. The maximum Gasteiger partial charge on any atom is 0.168 e. The van der Waals surface area contributed by atoms with Crippen LogP contribution in [0.2, 0.25) is 0 Å². The molecule has 1 saturated carbocycles. The van der Waals surface area contributed by atoms with Gasteiger partial charge in [-0.3, -0.25) is 14.6 Å². The second kappa shape index (κ2) is 8.15. The molecule has 1 atom stereocenters. The zero-order valence-electron chi connectivity index (χ0n) is 16.5. The molecule has 1 unspecified atom stereocenters. The van der Waals surface area contributed by atoms with E-state index >= 15 is 0 Å². The van der Waals surface area contributed by atoms with E-state index in [9.17, 15) is 14.7 Å². The molecule has 150 valence electrons. The van der Waals surface area contributed by atoms with Gasteiger partial charge in [-0.1, -0.05) is 35.5 Å². The van der Waals surface area contributed by atoms with E-state index in [1.54, 1.807) is 7.05 Å². The fourth-order valence-corrected chi connectivity index (χ4v) is 4.30. The van der Waals surface area contributed by atoms with Crippen LogP contribution in [0.25, 0.3) is 0 Å². The van der Waals surface area contributed by atoms with E-state index in [0.29, 0.717) is 60.4 Å². The van der Waals surface area contributed by atoms with Crippen LogP contribution < -0.4 is 0 Å². The summed E-state index contributed by atoms with van der Waals surface area (Å²) in [5.41, 5.74) is 3.19. The molecular formula is C23H24N2O4. The Balaban J connectivity index is 1.53. The second-order valence-corrected chi connectivity index (χ2v) is 7.64. The van der Waals surface area contributed by atoms with Gasteiger partial charge >= 0.3 is 0 Å². The highest BCUT2D eigenvalue weighted by atomic mass is 16.5. The molecule has 1 aromatic carbocycles. The van der Waals surface area contributed by atoms with Crippen molar-refractivity contribution in [3.63, 3.8) is 0 Å². The summed E-state index contributed by atoms with van der Waals surface area (Å²) in [5.74, 6) is 0.672. The Hall–Kier alpha value is -3.02. The molecule has 1 N–H and O–H groups in total. The third kappa shape index (κ3) is 3.79. The van der Waals surface area contributed by atoms with Crippen LogP contribution in [0.5, 0.6) is 0 Å². The number of carbonyl (C=O) groups is 2. The van der Waals surface area contributed by atoms with Crippen LogP contribution in [0.1, 0.15) is 65.4 Å². The van der Waals surface area contributed by atoms with Crippen LogP contribution in [0.15, 0.2) is 51.2 Å². The number of rotatable bonds is 4.